The minimum absolute atomic E-state index is 0.359. The first kappa shape index (κ1) is 17.3. The highest BCUT2D eigenvalue weighted by Gasteiger charge is 2.26. The second-order valence-corrected chi connectivity index (χ2v) is 7.69. The van der Waals surface area contributed by atoms with Crippen molar-refractivity contribution in [2.45, 2.75) is 38.8 Å². The molecule has 0 fully saturated rings. The van der Waals surface area contributed by atoms with Gasteiger partial charge in [0.25, 0.3) is 0 Å². The molecule has 0 amide bonds. The molecule has 1 aliphatic carbocycles. The van der Waals surface area contributed by atoms with E-state index in [0.29, 0.717) is 12.0 Å². The molecule has 4 nitrogen and oxygen atoms in total. The summed E-state index contributed by atoms with van der Waals surface area (Å²) in [6.07, 6.45) is 7.34. The number of rotatable bonds is 5. The second-order valence-electron chi connectivity index (χ2n) is 6.77. The summed E-state index contributed by atoms with van der Waals surface area (Å²) in [6, 6.07) is 12.5. The molecule has 134 valence electrons. The molecule has 3 aromatic rings. The molecule has 0 aliphatic heterocycles. The van der Waals surface area contributed by atoms with Crippen molar-refractivity contribution in [1.82, 2.24) is 15.1 Å². The molecule has 1 N–H and O–H groups in total. The number of nitrogens with zero attached hydrogens (tertiary/aromatic N) is 2. The summed E-state index contributed by atoms with van der Waals surface area (Å²) in [6.45, 7) is 5.02. The van der Waals surface area contributed by atoms with E-state index in [0.717, 1.165) is 34.6 Å². The van der Waals surface area contributed by atoms with Crippen molar-refractivity contribution in [3.63, 3.8) is 0 Å². The molecule has 26 heavy (non-hydrogen) atoms. The third kappa shape index (κ3) is 3.41. The molecule has 5 heteroatoms. The number of furan rings is 1. The molecular weight excluding hydrogens is 390 g/mol. The number of benzene rings is 1. The van der Waals surface area contributed by atoms with E-state index in [1.165, 1.54) is 11.3 Å². The van der Waals surface area contributed by atoms with Crippen molar-refractivity contribution in [3.8, 4) is 5.69 Å². The standard InChI is InChI=1S/C21H22BrN3O/c1-14-21(15(2)25(24-14)19-6-3-5-17(22)12-19)16-8-9-18(11-16)23-13-20-7-4-10-26-20/h3-10,12,16,18,23H,11,13H2,1-2H3. The van der Waals surface area contributed by atoms with Crippen LogP contribution in [0.25, 0.3) is 5.69 Å². The van der Waals surface area contributed by atoms with Gasteiger partial charge in [0, 0.05) is 27.7 Å². The largest absolute Gasteiger partial charge is 0.468 e. The molecular formula is C21H22BrN3O. The summed E-state index contributed by atoms with van der Waals surface area (Å²) >= 11 is 3.55. The maximum atomic E-state index is 5.40. The van der Waals surface area contributed by atoms with Gasteiger partial charge in [-0.3, -0.25) is 0 Å². The zero-order chi connectivity index (χ0) is 18.1. The Bertz CT molecular complexity index is 927. The Balaban J connectivity index is 1.51. The quantitative estimate of drug-likeness (QED) is 0.597. The third-order valence-corrected chi connectivity index (χ3v) is 5.47. The molecule has 2 aromatic heterocycles. The average Bonchev–Trinajstić information content (AvgIpc) is 3.34. The predicted octanol–water partition coefficient (Wildman–Crippen LogP) is 5.05. The maximum absolute atomic E-state index is 5.40. The van der Waals surface area contributed by atoms with Crippen LogP contribution in [0.1, 0.15) is 35.1 Å². The van der Waals surface area contributed by atoms with Crippen molar-refractivity contribution in [2.75, 3.05) is 0 Å². The van der Waals surface area contributed by atoms with Crippen molar-refractivity contribution >= 4 is 15.9 Å². The lowest BCUT2D eigenvalue weighted by atomic mass is 9.96. The van der Waals surface area contributed by atoms with Crippen LogP contribution in [0, 0.1) is 13.8 Å². The Hall–Kier alpha value is -2.11. The lowest BCUT2D eigenvalue weighted by molar-refractivity contribution is 0.461. The van der Waals surface area contributed by atoms with E-state index in [4.69, 9.17) is 9.52 Å². The highest BCUT2D eigenvalue weighted by Crippen LogP contribution is 2.34. The van der Waals surface area contributed by atoms with Gasteiger partial charge in [0.2, 0.25) is 0 Å². The fourth-order valence-corrected chi connectivity index (χ4v) is 4.15. The fraction of sp³-hybridized carbons (Fsp3) is 0.286. The van der Waals surface area contributed by atoms with Crippen molar-refractivity contribution in [3.05, 3.63) is 82.0 Å². The predicted molar refractivity (Wildman–Crippen MR) is 107 cm³/mol. The number of aromatic nitrogens is 2. The molecule has 0 saturated heterocycles. The summed E-state index contributed by atoms with van der Waals surface area (Å²) in [5.41, 5.74) is 4.73. The topological polar surface area (TPSA) is 43.0 Å². The zero-order valence-corrected chi connectivity index (χ0v) is 16.5. The van der Waals surface area contributed by atoms with Crippen molar-refractivity contribution in [2.24, 2.45) is 0 Å². The van der Waals surface area contributed by atoms with Crippen LogP contribution in [-0.4, -0.2) is 15.8 Å². The van der Waals surface area contributed by atoms with Crippen LogP contribution in [0.15, 0.2) is 63.7 Å². The number of allylic oxidation sites excluding steroid dienone is 1. The summed E-state index contributed by atoms with van der Waals surface area (Å²) in [7, 11) is 0. The first-order valence-electron chi connectivity index (χ1n) is 8.88. The fourth-order valence-electron chi connectivity index (χ4n) is 3.76. The van der Waals surface area contributed by atoms with Gasteiger partial charge in [-0.1, -0.05) is 34.1 Å². The Morgan fingerprint density at radius 3 is 2.88 bits per heavy atom. The maximum Gasteiger partial charge on any atom is 0.117 e. The van der Waals surface area contributed by atoms with E-state index in [9.17, 15) is 0 Å². The van der Waals surface area contributed by atoms with Gasteiger partial charge < -0.3 is 9.73 Å². The van der Waals surface area contributed by atoms with E-state index in [1.807, 2.05) is 28.9 Å². The Morgan fingerprint density at radius 2 is 2.12 bits per heavy atom. The van der Waals surface area contributed by atoms with E-state index in [-0.39, 0.29) is 0 Å². The van der Waals surface area contributed by atoms with Gasteiger partial charge in [-0.2, -0.15) is 5.10 Å². The minimum atomic E-state index is 0.359. The van der Waals surface area contributed by atoms with Crippen LogP contribution in [0.2, 0.25) is 0 Å². The number of hydrogen-bond donors (Lipinski definition) is 1. The van der Waals surface area contributed by atoms with E-state index >= 15 is 0 Å². The smallest absolute Gasteiger partial charge is 0.117 e. The Morgan fingerprint density at radius 1 is 1.23 bits per heavy atom. The van der Waals surface area contributed by atoms with Gasteiger partial charge in [0.1, 0.15) is 5.76 Å². The van der Waals surface area contributed by atoms with Crippen LogP contribution in [0.3, 0.4) is 0 Å². The Labute approximate surface area is 162 Å². The first-order chi connectivity index (χ1) is 12.6. The molecule has 4 rings (SSSR count). The van der Waals surface area contributed by atoms with Crippen LogP contribution >= 0.6 is 15.9 Å². The summed E-state index contributed by atoms with van der Waals surface area (Å²) in [5, 5.41) is 8.36. The van der Waals surface area contributed by atoms with Crippen LogP contribution in [0.4, 0.5) is 0 Å². The molecule has 0 spiro atoms. The minimum Gasteiger partial charge on any atom is -0.468 e. The molecule has 2 atom stereocenters. The second kappa shape index (κ2) is 7.25. The van der Waals surface area contributed by atoms with Gasteiger partial charge >= 0.3 is 0 Å². The molecule has 1 aliphatic rings. The van der Waals surface area contributed by atoms with Gasteiger partial charge in [-0.15, -0.1) is 0 Å². The van der Waals surface area contributed by atoms with E-state index in [1.54, 1.807) is 6.26 Å². The van der Waals surface area contributed by atoms with Gasteiger partial charge in [-0.05, 0) is 50.6 Å². The summed E-state index contributed by atoms with van der Waals surface area (Å²) in [4.78, 5) is 0. The van der Waals surface area contributed by atoms with Gasteiger partial charge in [0.05, 0.1) is 24.2 Å². The SMILES string of the molecule is Cc1nn(-c2cccc(Br)c2)c(C)c1C1C=CC(NCc2ccco2)C1. The number of aryl methyl sites for hydroxylation is 1. The highest BCUT2D eigenvalue weighted by atomic mass is 79.9. The zero-order valence-electron chi connectivity index (χ0n) is 14.9. The average molecular weight is 412 g/mol. The van der Waals surface area contributed by atoms with Gasteiger partial charge in [-0.25, -0.2) is 4.68 Å². The highest BCUT2D eigenvalue weighted by molar-refractivity contribution is 9.10. The van der Waals surface area contributed by atoms with Crippen molar-refractivity contribution in [1.29, 1.82) is 0 Å². The molecule has 0 bridgehead atoms. The molecule has 2 unspecified atom stereocenters. The lowest BCUT2D eigenvalue weighted by Gasteiger charge is -2.14. The Kier molecular flexibility index (Phi) is 4.83. The number of nitrogens with one attached hydrogen (secondary N) is 1. The van der Waals surface area contributed by atoms with E-state index in [2.05, 4.69) is 59.4 Å². The molecule has 2 heterocycles. The van der Waals surface area contributed by atoms with E-state index < -0.39 is 0 Å². The first-order valence-corrected chi connectivity index (χ1v) is 9.67. The summed E-state index contributed by atoms with van der Waals surface area (Å²) in [5.74, 6) is 1.36. The number of hydrogen-bond acceptors (Lipinski definition) is 3. The molecule has 0 radical (unpaired) electrons. The molecule has 1 aromatic carbocycles. The van der Waals surface area contributed by atoms with Crippen molar-refractivity contribution < 1.29 is 4.42 Å². The van der Waals surface area contributed by atoms with Crippen LogP contribution in [0.5, 0.6) is 0 Å². The normalized spacial score (nSPS) is 19.3. The van der Waals surface area contributed by atoms with Crippen LogP contribution in [-0.2, 0) is 6.54 Å². The monoisotopic (exact) mass is 411 g/mol. The lowest BCUT2D eigenvalue weighted by Crippen LogP contribution is -2.25. The molecule has 0 saturated carbocycles. The van der Waals surface area contributed by atoms with Crippen LogP contribution < -0.4 is 5.32 Å². The van der Waals surface area contributed by atoms with Gasteiger partial charge in [0.15, 0.2) is 0 Å². The third-order valence-electron chi connectivity index (χ3n) is 4.97. The number of halogens is 1. The summed E-state index contributed by atoms with van der Waals surface area (Å²) < 4.78 is 8.51.